The molecule has 0 radical (unpaired) electrons. The second-order valence-corrected chi connectivity index (χ2v) is 5.18. The monoisotopic (exact) mass is 289 g/mol. The number of nitrogens with one attached hydrogen (secondary N) is 2. The Kier molecular flexibility index (Phi) is 5.55. The lowest BCUT2D eigenvalue weighted by atomic mass is 10.1. The lowest BCUT2D eigenvalue weighted by Gasteiger charge is -2.11. The molecule has 1 aromatic carbocycles. The molecule has 0 unspecified atom stereocenters. The van der Waals surface area contributed by atoms with Gasteiger partial charge in [0.05, 0.1) is 16.8 Å². The molecule has 106 valence electrons. The molecule has 20 heavy (non-hydrogen) atoms. The van der Waals surface area contributed by atoms with Gasteiger partial charge in [-0.2, -0.15) is 0 Å². The molecule has 0 atom stereocenters. The number of carbonyl (C=O) groups is 1. The van der Waals surface area contributed by atoms with Crippen molar-refractivity contribution in [3.8, 4) is 0 Å². The van der Waals surface area contributed by atoms with Crippen LogP contribution in [0.25, 0.3) is 0 Å². The van der Waals surface area contributed by atoms with E-state index in [0.717, 1.165) is 30.8 Å². The third-order valence-electron chi connectivity index (χ3n) is 2.89. The van der Waals surface area contributed by atoms with Gasteiger partial charge in [0.15, 0.2) is 0 Å². The van der Waals surface area contributed by atoms with Crippen molar-refractivity contribution < 1.29 is 4.79 Å². The fraction of sp³-hybridized carbons (Fsp3) is 0.333. The Balaban J connectivity index is 1.91. The molecule has 2 aromatic rings. The van der Waals surface area contributed by atoms with E-state index < -0.39 is 0 Å². The first-order chi connectivity index (χ1) is 9.81. The molecule has 0 spiro atoms. The van der Waals surface area contributed by atoms with Crippen molar-refractivity contribution >= 4 is 22.9 Å². The first kappa shape index (κ1) is 14.5. The maximum absolute atomic E-state index is 12.2. The summed E-state index contributed by atoms with van der Waals surface area (Å²) in [6.07, 6.45) is 1.79. The molecule has 0 aliphatic rings. The maximum atomic E-state index is 12.2. The lowest BCUT2D eigenvalue weighted by molar-refractivity contribution is 0.0955. The van der Waals surface area contributed by atoms with Crippen molar-refractivity contribution in [1.82, 2.24) is 10.3 Å². The Morgan fingerprint density at radius 1 is 1.30 bits per heavy atom. The number of hydrogen-bond donors (Lipinski definition) is 2. The number of amides is 1. The largest absolute Gasteiger partial charge is 0.384 e. The number of carbonyl (C=O) groups excluding carboxylic acids is 1. The zero-order chi connectivity index (χ0) is 14.2. The van der Waals surface area contributed by atoms with Crippen molar-refractivity contribution in [3.63, 3.8) is 0 Å². The van der Waals surface area contributed by atoms with E-state index in [9.17, 15) is 4.79 Å². The van der Waals surface area contributed by atoms with Gasteiger partial charge in [0.25, 0.3) is 5.91 Å². The molecule has 2 N–H and O–H groups in total. The van der Waals surface area contributed by atoms with Crippen molar-refractivity contribution in [2.75, 3.05) is 18.4 Å². The number of benzene rings is 1. The van der Waals surface area contributed by atoms with Gasteiger partial charge in [-0.05, 0) is 18.6 Å². The molecule has 1 heterocycles. The smallest absolute Gasteiger partial charge is 0.253 e. The lowest BCUT2D eigenvalue weighted by Crippen LogP contribution is -2.26. The van der Waals surface area contributed by atoms with Crippen LogP contribution in [-0.4, -0.2) is 24.0 Å². The van der Waals surface area contributed by atoms with Gasteiger partial charge >= 0.3 is 0 Å². The Bertz CT molecular complexity index is 540. The first-order valence-corrected chi connectivity index (χ1v) is 7.73. The third kappa shape index (κ3) is 4.06. The van der Waals surface area contributed by atoms with Crippen LogP contribution in [0.4, 0.5) is 5.69 Å². The van der Waals surface area contributed by atoms with Crippen LogP contribution in [-0.2, 0) is 6.42 Å². The minimum absolute atomic E-state index is 0.0422. The number of thiazole rings is 1. The van der Waals surface area contributed by atoms with E-state index in [1.165, 1.54) is 0 Å². The number of para-hydroxylation sites is 1. The topological polar surface area (TPSA) is 54.0 Å². The highest BCUT2D eigenvalue weighted by atomic mass is 32.1. The molecule has 0 saturated carbocycles. The fourth-order valence-corrected chi connectivity index (χ4v) is 2.45. The van der Waals surface area contributed by atoms with Crippen LogP contribution in [0.2, 0.25) is 0 Å². The van der Waals surface area contributed by atoms with Crippen molar-refractivity contribution in [2.24, 2.45) is 0 Å². The third-order valence-corrected chi connectivity index (χ3v) is 3.52. The van der Waals surface area contributed by atoms with Crippen molar-refractivity contribution in [3.05, 3.63) is 46.4 Å². The number of hydrogen-bond acceptors (Lipinski definition) is 4. The summed E-state index contributed by atoms with van der Waals surface area (Å²) in [5.74, 6) is -0.0422. The zero-order valence-electron chi connectivity index (χ0n) is 11.6. The first-order valence-electron chi connectivity index (χ1n) is 6.79. The van der Waals surface area contributed by atoms with E-state index in [4.69, 9.17) is 0 Å². The SMILES string of the molecule is CCCNc1ccccc1C(=O)NCCc1cscn1. The van der Waals surface area contributed by atoms with E-state index in [2.05, 4.69) is 22.5 Å². The number of nitrogens with zero attached hydrogens (tertiary/aromatic N) is 1. The molecule has 0 aliphatic heterocycles. The molecule has 4 nitrogen and oxygen atoms in total. The normalized spacial score (nSPS) is 10.2. The molecule has 0 fully saturated rings. The second kappa shape index (κ2) is 7.65. The highest BCUT2D eigenvalue weighted by Crippen LogP contribution is 2.14. The highest BCUT2D eigenvalue weighted by Gasteiger charge is 2.09. The van der Waals surface area contributed by atoms with Crippen molar-refractivity contribution in [2.45, 2.75) is 19.8 Å². The van der Waals surface area contributed by atoms with Crippen LogP contribution in [0.3, 0.4) is 0 Å². The maximum Gasteiger partial charge on any atom is 0.253 e. The predicted molar refractivity (Wildman–Crippen MR) is 83.4 cm³/mol. The van der Waals surface area contributed by atoms with E-state index in [1.807, 2.05) is 29.6 Å². The molecular weight excluding hydrogens is 270 g/mol. The molecule has 1 amide bonds. The van der Waals surface area contributed by atoms with E-state index in [-0.39, 0.29) is 5.91 Å². The van der Waals surface area contributed by atoms with E-state index >= 15 is 0 Å². The molecule has 0 bridgehead atoms. The minimum atomic E-state index is -0.0422. The van der Waals surface area contributed by atoms with Crippen LogP contribution in [0.5, 0.6) is 0 Å². The van der Waals surface area contributed by atoms with Gasteiger partial charge < -0.3 is 10.6 Å². The molecule has 2 rings (SSSR count). The average Bonchev–Trinajstić information content (AvgIpc) is 2.98. The van der Waals surface area contributed by atoms with E-state index in [1.54, 1.807) is 16.8 Å². The van der Waals surface area contributed by atoms with Gasteiger partial charge in [0.2, 0.25) is 0 Å². The zero-order valence-corrected chi connectivity index (χ0v) is 12.4. The summed E-state index contributed by atoms with van der Waals surface area (Å²) in [7, 11) is 0. The van der Waals surface area contributed by atoms with Crippen LogP contribution in [0.1, 0.15) is 29.4 Å². The highest BCUT2D eigenvalue weighted by molar-refractivity contribution is 7.07. The Hall–Kier alpha value is -1.88. The quantitative estimate of drug-likeness (QED) is 0.824. The molecular formula is C15H19N3OS. The molecule has 0 aliphatic carbocycles. The predicted octanol–water partition coefficient (Wildman–Crippen LogP) is 2.94. The standard InChI is InChI=1S/C15H19N3OS/c1-2-8-16-14-6-4-3-5-13(14)15(19)17-9-7-12-10-20-11-18-12/h3-6,10-11,16H,2,7-9H2,1H3,(H,17,19). The minimum Gasteiger partial charge on any atom is -0.384 e. The fourth-order valence-electron chi connectivity index (χ4n) is 1.86. The van der Waals surface area contributed by atoms with Gasteiger partial charge in [-0.3, -0.25) is 4.79 Å². The van der Waals surface area contributed by atoms with E-state index in [0.29, 0.717) is 12.1 Å². The summed E-state index contributed by atoms with van der Waals surface area (Å²) in [4.78, 5) is 16.4. The van der Waals surface area contributed by atoms with Crippen LogP contribution < -0.4 is 10.6 Å². The summed E-state index contributed by atoms with van der Waals surface area (Å²) in [5.41, 5.74) is 4.41. The van der Waals surface area contributed by atoms with Crippen LogP contribution >= 0.6 is 11.3 Å². The summed E-state index contributed by atoms with van der Waals surface area (Å²) >= 11 is 1.57. The van der Waals surface area contributed by atoms with Crippen LogP contribution in [0, 0.1) is 0 Å². The Morgan fingerprint density at radius 3 is 2.90 bits per heavy atom. The van der Waals surface area contributed by atoms with Gasteiger partial charge in [0, 0.05) is 30.6 Å². The second-order valence-electron chi connectivity index (χ2n) is 4.46. The molecule has 0 saturated heterocycles. The summed E-state index contributed by atoms with van der Waals surface area (Å²) in [5, 5.41) is 8.22. The average molecular weight is 289 g/mol. The molecule has 1 aromatic heterocycles. The Morgan fingerprint density at radius 2 is 2.15 bits per heavy atom. The summed E-state index contributed by atoms with van der Waals surface area (Å²) < 4.78 is 0. The summed E-state index contributed by atoms with van der Waals surface area (Å²) in [6.45, 7) is 3.57. The van der Waals surface area contributed by atoms with Gasteiger partial charge in [-0.1, -0.05) is 19.1 Å². The number of aromatic nitrogens is 1. The van der Waals surface area contributed by atoms with Gasteiger partial charge in [-0.15, -0.1) is 11.3 Å². The van der Waals surface area contributed by atoms with Gasteiger partial charge in [0.1, 0.15) is 0 Å². The number of rotatable bonds is 7. The van der Waals surface area contributed by atoms with Gasteiger partial charge in [-0.25, -0.2) is 4.98 Å². The van der Waals surface area contributed by atoms with Crippen molar-refractivity contribution in [1.29, 1.82) is 0 Å². The summed E-state index contributed by atoms with van der Waals surface area (Å²) in [6, 6.07) is 7.59. The Labute approximate surface area is 123 Å². The molecule has 5 heteroatoms. The van der Waals surface area contributed by atoms with Crippen LogP contribution in [0.15, 0.2) is 35.2 Å². The number of anilines is 1.